The van der Waals surface area contributed by atoms with Crippen molar-refractivity contribution in [2.75, 3.05) is 11.9 Å². The van der Waals surface area contributed by atoms with Gasteiger partial charge in [0.25, 0.3) is 11.9 Å². The molecule has 0 radical (unpaired) electrons. The van der Waals surface area contributed by atoms with Gasteiger partial charge in [-0.25, -0.2) is 0 Å². The molecule has 1 atom stereocenters. The number of halogens is 4. The maximum atomic E-state index is 13.7. The minimum Gasteiger partial charge on any atom is -0.394 e. The molecule has 0 amide bonds. The molecule has 2 aromatic heterocycles. The molecule has 126 valence electrons. The smallest absolute Gasteiger partial charge is 0.253 e. The number of benzene rings is 1. The second kappa shape index (κ2) is 6.48. The number of nitrogens with one attached hydrogen (secondary N) is 2. The lowest BCUT2D eigenvalue weighted by molar-refractivity contribution is 0.273. The van der Waals surface area contributed by atoms with E-state index < -0.39 is 41.9 Å². The number of aromatic amines is 1. The van der Waals surface area contributed by atoms with E-state index in [1.165, 1.54) is 0 Å². The van der Waals surface area contributed by atoms with Gasteiger partial charge in [0.15, 0.2) is 0 Å². The third kappa shape index (κ3) is 2.92. The summed E-state index contributed by atoms with van der Waals surface area (Å²) >= 11 is 0. The molecular formula is C16H13F4N3O. The van der Waals surface area contributed by atoms with Crippen molar-refractivity contribution in [1.29, 1.82) is 0 Å². The molecule has 0 bridgehead atoms. The summed E-state index contributed by atoms with van der Waals surface area (Å²) in [5, 5.41) is 12.7. The SMILES string of the molecule is OCC(Cc1c[nH]c2ccccc12)Nc1c(F)c(F)nc(F)c1F. The average Bonchev–Trinajstić information content (AvgIpc) is 2.99. The summed E-state index contributed by atoms with van der Waals surface area (Å²) in [5.74, 6) is -6.77. The summed E-state index contributed by atoms with van der Waals surface area (Å²) in [6.45, 7) is -0.496. The van der Waals surface area contributed by atoms with Crippen LogP contribution in [-0.2, 0) is 6.42 Å². The first-order valence-electron chi connectivity index (χ1n) is 7.13. The molecule has 0 aliphatic carbocycles. The van der Waals surface area contributed by atoms with Gasteiger partial charge in [0, 0.05) is 17.1 Å². The predicted molar refractivity (Wildman–Crippen MR) is 80.6 cm³/mol. The molecule has 2 heterocycles. The van der Waals surface area contributed by atoms with Crippen LogP contribution in [0.15, 0.2) is 30.5 Å². The Hall–Kier alpha value is -2.61. The highest BCUT2D eigenvalue weighted by Crippen LogP contribution is 2.25. The van der Waals surface area contributed by atoms with Gasteiger partial charge in [-0.2, -0.15) is 22.5 Å². The lowest BCUT2D eigenvalue weighted by Gasteiger charge is -2.18. The highest BCUT2D eigenvalue weighted by molar-refractivity contribution is 5.83. The van der Waals surface area contributed by atoms with Crippen LogP contribution in [0.4, 0.5) is 23.2 Å². The highest BCUT2D eigenvalue weighted by Gasteiger charge is 2.23. The Morgan fingerprint density at radius 2 is 1.75 bits per heavy atom. The van der Waals surface area contributed by atoms with Crippen LogP contribution in [0.1, 0.15) is 5.56 Å². The first-order valence-corrected chi connectivity index (χ1v) is 7.13. The van der Waals surface area contributed by atoms with Crippen molar-refractivity contribution in [3.63, 3.8) is 0 Å². The van der Waals surface area contributed by atoms with Crippen molar-refractivity contribution in [1.82, 2.24) is 9.97 Å². The molecule has 1 aromatic carbocycles. The minimum atomic E-state index is -1.75. The standard InChI is InChI=1S/C16H13F4N3O/c17-12-14(13(18)16(20)23-15(12)19)22-9(7-24)5-8-6-21-11-4-2-1-3-10(8)11/h1-4,6,9,21,24H,5,7H2,(H,22,23). The molecule has 0 aliphatic rings. The number of aliphatic hydroxyl groups is 1. The van der Waals surface area contributed by atoms with E-state index in [9.17, 15) is 22.7 Å². The van der Waals surface area contributed by atoms with Crippen molar-refractivity contribution in [2.24, 2.45) is 0 Å². The van der Waals surface area contributed by atoms with E-state index in [1.54, 1.807) is 6.20 Å². The number of nitrogens with zero attached hydrogens (tertiary/aromatic N) is 1. The molecule has 4 nitrogen and oxygen atoms in total. The zero-order chi connectivity index (χ0) is 17.3. The van der Waals surface area contributed by atoms with E-state index in [1.807, 2.05) is 24.3 Å². The second-order valence-corrected chi connectivity index (χ2v) is 5.28. The molecular weight excluding hydrogens is 326 g/mol. The van der Waals surface area contributed by atoms with E-state index in [0.717, 1.165) is 16.5 Å². The number of hydrogen-bond acceptors (Lipinski definition) is 3. The van der Waals surface area contributed by atoms with Gasteiger partial charge < -0.3 is 15.4 Å². The molecule has 0 fully saturated rings. The topological polar surface area (TPSA) is 60.9 Å². The Morgan fingerprint density at radius 1 is 1.08 bits per heavy atom. The largest absolute Gasteiger partial charge is 0.394 e. The summed E-state index contributed by atoms with van der Waals surface area (Å²) in [6, 6.07) is 6.52. The van der Waals surface area contributed by atoms with Gasteiger partial charge in [-0.1, -0.05) is 18.2 Å². The predicted octanol–water partition coefficient (Wildman–Crippen LogP) is 3.13. The van der Waals surface area contributed by atoms with E-state index in [0.29, 0.717) is 0 Å². The van der Waals surface area contributed by atoms with Crippen molar-refractivity contribution in [2.45, 2.75) is 12.5 Å². The van der Waals surface area contributed by atoms with Crippen molar-refractivity contribution < 1.29 is 22.7 Å². The van der Waals surface area contributed by atoms with Gasteiger partial charge >= 0.3 is 0 Å². The third-order valence-corrected chi connectivity index (χ3v) is 3.71. The first-order chi connectivity index (χ1) is 11.5. The molecule has 0 aliphatic heterocycles. The maximum absolute atomic E-state index is 13.7. The molecule has 0 saturated carbocycles. The minimum absolute atomic E-state index is 0.185. The Bertz CT molecular complexity index is 855. The van der Waals surface area contributed by atoms with E-state index in [2.05, 4.69) is 15.3 Å². The summed E-state index contributed by atoms with van der Waals surface area (Å²) in [5.41, 5.74) is 0.661. The number of aromatic nitrogens is 2. The first kappa shape index (κ1) is 16.3. The Kier molecular flexibility index (Phi) is 4.39. The summed E-state index contributed by atoms with van der Waals surface area (Å²) in [4.78, 5) is 5.53. The maximum Gasteiger partial charge on any atom is 0.253 e. The van der Waals surface area contributed by atoms with E-state index >= 15 is 0 Å². The normalized spacial score (nSPS) is 12.5. The number of aliphatic hydroxyl groups excluding tert-OH is 1. The highest BCUT2D eigenvalue weighted by atomic mass is 19.2. The monoisotopic (exact) mass is 339 g/mol. The average molecular weight is 339 g/mol. The fourth-order valence-corrected chi connectivity index (χ4v) is 2.55. The number of pyridine rings is 1. The van der Waals surface area contributed by atoms with Crippen LogP contribution in [0.25, 0.3) is 10.9 Å². The van der Waals surface area contributed by atoms with Crippen LogP contribution in [0.5, 0.6) is 0 Å². The molecule has 24 heavy (non-hydrogen) atoms. The molecule has 8 heteroatoms. The molecule has 3 aromatic rings. The molecule has 1 unspecified atom stereocenters. The van der Waals surface area contributed by atoms with Gasteiger partial charge in [-0.05, 0) is 18.1 Å². The molecule has 0 spiro atoms. The zero-order valence-electron chi connectivity index (χ0n) is 12.3. The molecule has 3 rings (SSSR count). The van der Waals surface area contributed by atoms with Gasteiger partial charge in [-0.3, -0.25) is 0 Å². The van der Waals surface area contributed by atoms with E-state index in [-0.39, 0.29) is 6.42 Å². The second-order valence-electron chi connectivity index (χ2n) is 5.28. The fourth-order valence-electron chi connectivity index (χ4n) is 2.55. The van der Waals surface area contributed by atoms with Crippen molar-refractivity contribution in [3.8, 4) is 0 Å². The third-order valence-electron chi connectivity index (χ3n) is 3.71. The van der Waals surface area contributed by atoms with Gasteiger partial charge in [0.05, 0.1) is 12.6 Å². The van der Waals surface area contributed by atoms with Crippen molar-refractivity contribution >= 4 is 16.6 Å². The molecule has 0 saturated heterocycles. The quantitative estimate of drug-likeness (QED) is 0.494. The zero-order valence-corrected chi connectivity index (χ0v) is 12.3. The van der Waals surface area contributed by atoms with Crippen LogP contribution in [0.2, 0.25) is 0 Å². The van der Waals surface area contributed by atoms with Crippen LogP contribution in [0.3, 0.4) is 0 Å². The summed E-state index contributed by atoms with van der Waals surface area (Å²) in [6.07, 6.45) is 1.89. The van der Waals surface area contributed by atoms with Crippen LogP contribution in [-0.4, -0.2) is 27.7 Å². The number of H-pyrrole nitrogens is 1. The van der Waals surface area contributed by atoms with Gasteiger partial charge in [0.1, 0.15) is 5.69 Å². The Balaban J connectivity index is 1.88. The van der Waals surface area contributed by atoms with Crippen LogP contribution < -0.4 is 5.32 Å². The lowest BCUT2D eigenvalue weighted by atomic mass is 10.1. The molecule has 3 N–H and O–H groups in total. The number of rotatable bonds is 5. The summed E-state index contributed by atoms with van der Waals surface area (Å²) < 4.78 is 53.7. The Labute approximate surface area is 134 Å². The fraction of sp³-hybridized carbons (Fsp3) is 0.188. The number of hydrogen-bond donors (Lipinski definition) is 3. The number of para-hydroxylation sites is 1. The lowest BCUT2D eigenvalue weighted by Crippen LogP contribution is -2.28. The number of anilines is 1. The number of fused-ring (bicyclic) bond motifs is 1. The van der Waals surface area contributed by atoms with Crippen LogP contribution >= 0.6 is 0 Å². The van der Waals surface area contributed by atoms with Gasteiger partial charge in [0.2, 0.25) is 11.6 Å². The Morgan fingerprint density at radius 3 is 2.42 bits per heavy atom. The van der Waals surface area contributed by atoms with Gasteiger partial charge in [-0.15, -0.1) is 0 Å². The van der Waals surface area contributed by atoms with Crippen LogP contribution in [0, 0.1) is 23.5 Å². The van der Waals surface area contributed by atoms with E-state index in [4.69, 9.17) is 0 Å². The van der Waals surface area contributed by atoms with Crippen molar-refractivity contribution in [3.05, 3.63) is 59.6 Å². The summed E-state index contributed by atoms with van der Waals surface area (Å²) in [7, 11) is 0.